The van der Waals surface area contributed by atoms with Gasteiger partial charge in [-0.2, -0.15) is 0 Å². The summed E-state index contributed by atoms with van der Waals surface area (Å²) in [6.45, 7) is 2.20. The van der Waals surface area contributed by atoms with Crippen molar-refractivity contribution in [1.29, 1.82) is 0 Å². The number of hydrogen-bond donors (Lipinski definition) is 0. The minimum absolute atomic E-state index is 0.212. The normalized spacial score (nSPS) is 36.0. The number of rotatable bonds is 2. The predicted molar refractivity (Wildman–Crippen MR) is 48.0 cm³/mol. The number of aldehydes is 1. The number of hydrogen-bond acceptors (Lipinski definition) is 2. The molecule has 1 unspecified atom stereocenters. The van der Waals surface area contributed by atoms with Crippen LogP contribution in [-0.2, 0) is 4.79 Å². The van der Waals surface area contributed by atoms with Gasteiger partial charge in [-0.15, -0.1) is 0 Å². The van der Waals surface area contributed by atoms with Crippen LogP contribution in [0.15, 0.2) is 12.2 Å². The fraction of sp³-hybridized carbons (Fsp3) is 0.700. The highest BCUT2D eigenvalue weighted by Crippen LogP contribution is 2.30. The molecule has 12 heavy (non-hydrogen) atoms. The number of nitrogens with zero attached hydrogens (tertiary/aromatic N) is 1. The molecule has 0 N–H and O–H groups in total. The summed E-state index contributed by atoms with van der Waals surface area (Å²) in [5.41, 5.74) is -0.212. The lowest BCUT2D eigenvalue weighted by Gasteiger charge is -2.31. The molecular formula is C10H15NO. The molecule has 1 atom stereocenters. The van der Waals surface area contributed by atoms with E-state index in [4.69, 9.17) is 0 Å². The summed E-state index contributed by atoms with van der Waals surface area (Å²) in [5.74, 6) is 0. The Labute approximate surface area is 73.2 Å². The molecule has 0 aromatic heterocycles. The third-order valence-electron chi connectivity index (χ3n) is 3.02. The molecule has 2 aliphatic rings. The van der Waals surface area contributed by atoms with Crippen molar-refractivity contribution in [2.75, 3.05) is 13.1 Å². The van der Waals surface area contributed by atoms with E-state index in [1.54, 1.807) is 0 Å². The molecule has 66 valence electrons. The van der Waals surface area contributed by atoms with Gasteiger partial charge in [0.2, 0.25) is 0 Å². The van der Waals surface area contributed by atoms with E-state index in [2.05, 4.69) is 17.1 Å². The highest BCUT2D eigenvalue weighted by molar-refractivity contribution is 5.69. The molecule has 0 spiro atoms. The molecule has 0 radical (unpaired) electrons. The smallest absolute Gasteiger partial charge is 0.144 e. The van der Waals surface area contributed by atoms with Crippen LogP contribution in [0.3, 0.4) is 0 Å². The van der Waals surface area contributed by atoms with Crippen molar-refractivity contribution >= 4 is 6.29 Å². The molecule has 1 aliphatic carbocycles. The third-order valence-corrected chi connectivity index (χ3v) is 3.02. The van der Waals surface area contributed by atoms with Crippen molar-refractivity contribution < 1.29 is 4.79 Å². The molecule has 1 heterocycles. The minimum atomic E-state index is -0.212. The lowest BCUT2D eigenvalue weighted by atomic mass is 9.99. The number of carbonyl (C=O) groups excluding carboxylic acids is 1. The first-order valence-corrected chi connectivity index (χ1v) is 4.76. The zero-order chi connectivity index (χ0) is 8.44. The van der Waals surface area contributed by atoms with Crippen LogP contribution < -0.4 is 0 Å². The van der Waals surface area contributed by atoms with Crippen LogP contribution in [0.2, 0.25) is 0 Å². The second-order valence-corrected chi connectivity index (χ2v) is 3.74. The van der Waals surface area contributed by atoms with E-state index >= 15 is 0 Å². The summed E-state index contributed by atoms with van der Waals surface area (Å²) >= 11 is 0. The van der Waals surface area contributed by atoms with E-state index in [0.29, 0.717) is 0 Å². The van der Waals surface area contributed by atoms with Gasteiger partial charge in [-0.3, -0.25) is 4.90 Å². The standard InChI is InChI=1S/C10H15NO/c12-9-10(5-1-2-6-10)11-7-3-4-8-11/h1,5,9H,2-4,6-8H2. The van der Waals surface area contributed by atoms with Gasteiger partial charge in [0.15, 0.2) is 0 Å². The van der Waals surface area contributed by atoms with Gasteiger partial charge >= 0.3 is 0 Å². The van der Waals surface area contributed by atoms with Crippen molar-refractivity contribution in [2.24, 2.45) is 0 Å². The maximum atomic E-state index is 11.0. The van der Waals surface area contributed by atoms with E-state index in [-0.39, 0.29) is 5.54 Å². The van der Waals surface area contributed by atoms with Crippen molar-refractivity contribution in [2.45, 2.75) is 31.2 Å². The molecule has 2 nitrogen and oxygen atoms in total. The van der Waals surface area contributed by atoms with Gasteiger partial charge in [-0.05, 0) is 38.8 Å². The second-order valence-electron chi connectivity index (χ2n) is 3.74. The van der Waals surface area contributed by atoms with Crippen LogP contribution in [0.5, 0.6) is 0 Å². The number of carbonyl (C=O) groups is 1. The fourth-order valence-electron chi connectivity index (χ4n) is 2.26. The predicted octanol–water partition coefficient (Wildman–Crippen LogP) is 1.37. The Kier molecular flexibility index (Phi) is 2.01. The first-order chi connectivity index (χ1) is 5.87. The van der Waals surface area contributed by atoms with Crippen molar-refractivity contribution in [3.63, 3.8) is 0 Å². The summed E-state index contributed by atoms with van der Waals surface area (Å²) in [7, 11) is 0. The Bertz CT molecular complexity index is 206. The monoisotopic (exact) mass is 165 g/mol. The fourth-order valence-corrected chi connectivity index (χ4v) is 2.26. The van der Waals surface area contributed by atoms with Gasteiger partial charge in [-0.25, -0.2) is 0 Å². The maximum absolute atomic E-state index is 11.0. The average molecular weight is 165 g/mol. The maximum Gasteiger partial charge on any atom is 0.144 e. The Hall–Kier alpha value is -0.630. The zero-order valence-electron chi connectivity index (χ0n) is 7.33. The second kappa shape index (κ2) is 3.02. The van der Waals surface area contributed by atoms with Gasteiger partial charge in [0.05, 0.1) is 5.54 Å². The van der Waals surface area contributed by atoms with Crippen molar-refractivity contribution in [1.82, 2.24) is 4.90 Å². The first kappa shape index (κ1) is 7.99. The van der Waals surface area contributed by atoms with E-state index in [9.17, 15) is 4.79 Å². The number of allylic oxidation sites excluding steroid dienone is 1. The lowest BCUT2D eigenvalue weighted by molar-refractivity contribution is -0.115. The highest BCUT2D eigenvalue weighted by Gasteiger charge is 2.37. The molecule has 0 saturated carbocycles. The number of likely N-dealkylation sites (tertiary alicyclic amines) is 1. The van der Waals surface area contributed by atoms with Crippen LogP contribution in [0.25, 0.3) is 0 Å². The van der Waals surface area contributed by atoms with E-state index < -0.39 is 0 Å². The first-order valence-electron chi connectivity index (χ1n) is 4.76. The molecule has 1 saturated heterocycles. The third kappa shape index (κ3) is 1.11. The van der Waals surface area contributed by atoms with Crippen molar-refractivity contribution in [3.8, 4) is 0 Å². The van der Waals surface area contributed by atoms with E-state index in [1.165, 1.54) is 12.8 Å². The topological polar surface area (TPSA) is 20.3 Å². The van der Waals surface area contributed by atoms with Crippen LogP contribution in [0.1, 0.15) is 25.7 Å². The molecular weight excluding hydrogens is 150 g/mol. The van der Waals surface area contributed by atoms with E-state index in [1.807, 2.05) is 0 Å². The Morgan fingerprint density at radius 2 is 2.08 bits per heavy atom. The largest absolute Gasteiger partial charge is 0.301 e. The van der Waals surface area contributed by atoms with E-state index in [0.717, 1.165) is 32.2 Å². The van der Waals surface area contributed by atoms with Gasteiger partial charge in [0.25, 0.3) is 0 Å². The summed E-state index contributed by atoms with van der Waals surface area (Å²) in [6.07, 6.45) is 9.92. The molecule has 0 aromatic carbocycles. The SMILES string of the molecule is O=CC1(N2CCCC2)C=CCC1. The average Bonchev–Trinajstić information content (AvgIpc) is 2.76. The van der Waals surface area contributed by atoms with Gasteiger partial charge in [-0.1, -0.05) is 12.2 Å². The molecule has 1 aliphatic heterocycles. The van der Waals surface area contributed by atoms with Gasteiger partial charge < -0.3 is 4.79 Å². The van der Waals surface area contributed by atoms with Crippen LogP contribution in [0, 0.1) is 0 Å². The quantitative estimate of drug-likeness (QED) is 0.455. The van der Waals surface area contributed by atoms with Gasteiger partial charge in [0.1, 0.15) is 6.29 Å². The molecule has 2 rings (SSSR count). The van der Waals surface area contributed by atoms with Gasteiger partial charge in [0, 0.05) is 0 Å². The highest BCUT2D eigenvalue weighted by atomic mass is 16.1. The summed E-state index contributed by atoms with van der Waals surface area (Å²) < 4.78 is 0. The lowest BCUT2D eigenvalue weighted by Crippen LogP contribution is -2.45. The summed E-state index contributed by atoms with van der Waals surface area (Å²) in [4.78, 5) is 13.3. The molecule has 0 amide bonds. The van der Waals surface area contributed by atoms with Crippen LogP contribution in [0.4, 0.5) is 0 Å². The molecule has 2 heteroatoms. The molecule has 0 aromatic rings. The summed E-state index contributed by atoms with van der Waals surface area (Å²) in [5, 5.41) is 0. The molecule has 0 bridgehead atoms. The summed E-state index contributed by atoms with van der Waals surface area (Å²) in [6, 6.07) is 0. The van der Waals surface area contributed by atoms with Crippen LogP contribution >= 0.6 is 0 Å². The zero-order valence-corrected chi connectivity index (χ0v) is 7.33. The minimum Gasteiger partial charge on any atom is -0.301 e. The Morgan fingerprint density at radius 3 is 2.58 bits per heavy atom. The Balaban J connectivity index is 2.15. The molecule has 1 fully saturated rings. The van der Waals surface area contributed by atoms with Crippen LogP contribution in [-0.4, -0.2) is 29.8 Å². The Morgan fingerprint density at radius 1 is 1.33 bits per heavy atom. The van der Waals surface area contributed by atoms with Crippen molar-refractivity contribution in [3.05, 3.63) is 12.2 Å².